The van der Waals surface area contributed by atoms with Gasteiger partial charge in [-0.2, -0.15) is 0 Å². The van der Waals surface area contributed by atoms with Crippen LogP contribution in [0.1, 0.15) is 11.1 Å². The monoisotopic (exact) mass is 246 g/mol. The van der Waals surface area contributed by atoms with E-state index in [1.165, 1.54) is 6.07 Å². The summed E-state index contributed by atoms with van der Waals surface area (Å²) in [7, 11) is 1.67. The second kappa shape index (κ2) is 6.17. The third kappa shape index (κ3) is 3.31. The van der Waals surface area contributed by atoms with Crippen molar-refractivity contribution < 1.29 is 14.4 Å². The number of ether oxygens (including phenoxy) is 1. The number of para-hydroxylation sites is 1. The second-order valence-electron chi connectivity index (χ2n) is 4.14. The molecule has 94 valence electrons. The largest absolute Gasteiger partial charge is 0.496 e. The van der Waals surface area contributed by atoms with Gasteiger partial charge in [0.05, 0.1) is 7.11 Å². The highest BCUT2D eigenvalue weighted by atomic mass is 19.1. The Labute approximate surface area is 106 Å². The smallest absolute Gasteiger partial charge is 0.127 e. The van der Waals surface area contributed by atoms with Gasteiger partial charge in [-0.15, -0.1) is 0 Å². The molecule has 0 aliphatic rings. The lowest BCUT2D eigenvalue weighted by atomic mass is 10.2. The SMILES string of the molecule is COc1ccccc1C[NH2+]Cc1cccc(F)c1. The van der Waals surface area contributed by atoms with Crippen molar-refractivity contribution in [2.75, 3.05) is 7.11 Å². The van der Waals surface area contributed by atoms with E-state index in [2.05, 4.69) is 5.32 Å². The second-order valence-corrected chi connectivity index (χ2v) is 4.14. The first-order chi connectivity index (χ1) is 8.79. The van der Waals surface area contributed by atoms with Crippen LogP contribution < -0.4 is 10.1 Å². The Morgan fingerprint density at radius 2 is 1.89 bits per heavy atom. The highest BCUT2D eigenvalue weighted by molar-refractivity contribution is 5.32. The lowest BCUT2D eigenvalue weighted by Crippen LogP contribution is -2.80. The first kappa shape index (κ1) is 12.6. The zero-order valence-electron chi connectivity index (χ0n) is 10.4. The van der Waals surface area contributed by atoms with Gasteiger partial charge < -0.3 is 10.1 Å². The van der Waals surface area contributed by atoms with Gasteiger partial charge in [-0.05, 0) is 24.3 Å². The third-order valence-corrected chi connectivity index (χ3v) is 2.83. The van der Waals surface area contributed by atoms with Gasteiger partial charge in [0.15, 0.2) is 0 Å². The molecule has 0 aliphatic heterocycles. The number of quaternary nitrogens is 1. The van der Waals surface area contributed by atoms with Crippen molar-refractivity contribution in [1.29, 1.82) is 0 Å². The normalized spacial score (nSPS) is 10.3. The van der Waals surface area contributed by atoms with Crippen molar-refractivity contribution in [3.05, 3.63) is 65.5 Å². The summed E-state index contributed by atoms with van der Waals surface area (Å²) in [5.74, 6) is 0.714. The average Bonchev–Trinajstić information content (AvgIpc) is 2.39. The fourth-order valence-corrected chi connectivity index (χ4v) is 1.93. The Hall–Kier alpha value is -1.87. The summed E-state index contributed by atoms with van der Waals surface area (Å²) in [6.07, 6.45) is 0. The van der Waals surface area contributed by atoms with Crippen LogP contribution in [0.4, 0.5) is 4.39 Å². The molecule has 2 N–H and O–H groups in total. The van der Waals surface area contributed by atoms with Gasteiger partial charge in [-0.25, -0.2) is 4.39 Å². The van der Waals surface area contributed by atoms with Gasteiger partial charge in [0, 0.05) is 11.1 Å². The number of hydrogen-bond donors (Lipinski definition) is 1. The minimum atomic E-state index is -0.182. The topological polar surface area (TPSA) is 25.8 Å². The Balaban J connectivity index is 1.92. The maximum absolute atomic E-state index is 13.0. The van der Waals surface area contributed by atoms with E-state index in [9.17, 15) is 4.39 Å². The van der Waals surface area contributed by atoms with Crippen LogP contribution in [-0.2, 0) is 13.1 Å². The molecule has 0 saturated carbocycles. The van der Waals surface area contributed by atoms with Gasteiger partial charge in [0.2, 0.25) is 0 Å². The molecule has 0 unspecified atom stereocenters. The van der Waals surface area contributed by atoms with E-state index in [4.69, 9.17) is 4.74 Å². The van der Waals surface area contributed by atoms with Crippen molar-refractivity contribution in [2.45, 2.75) is 13.1 Å². The summed E-state index contributed by atoms with van der Waals surface area (Å²) in [6.45, 7) is 1.58. The van der Waals surface area contributed by atoms with E-state index in [1.54, 1.807) is 19.2 Å². The molecule has 0 atom stereocenters. The van der Waals surface area contributed by atoms with E-state index in [1.807, 2.05) is 30.3 Å². The van der Waals surface area contributed by atoms with Crippen molar-refractivity contribution in [3.63, 3.8) is 0 Å². The summed E-state index contributed by atoms with van der Waals surface area (Å²) < 4.78 is 18.3. The highest BCUT2D eigenvalue weighted by Gasteiger charge is 2.03. The van der Waals surface area contributed by atoms with Gasteiger partial charge in [0.1, 0.15) is 24.7 Å². The van der Waals surface area contributed by atoms with E-state index in [0.29, 0.717) is 0 Å². The summed E-state index contributed by atoms with van der Waals surface area (Å²) in [6, 6.07) is 14.6. The summed E-state index contributed by atoms with van der Waals surface area (Å²) in [5, 5.41) is 2.13. The number of nitrogens with two attached hydrogens (primary N) is 1. The lowest BCUT2D eigenvalue weighted by molar-refractivity contribution is -0.686. The molecule has 0 heterocycles. The fraction of sp³-hybridized carbons (Fsp3) is 0.200. The molecule has 2 nitrogen and oxygen atoms in total. The van der Waals surface area contributed by atoms with Crippen LogP contribution in [0.5, 0.6) is 5.75 Å². The van der Waals surface area contributed by atoms with E-state index in [0.717, 1.165) is 30.0 Å². The summed E-state index contributed by atoms with van der Waals surface area (Å²) in [4.78, 5) is 0. The number of halogens is 1. The first-order valence-corrected chi connectivity index (χ1v) is 5.97. The Morgan fingerprint density at radius 3 is 2.67 bits per heavy atom. The maximum atomic E-state index is 13.0. The van der Waals surface area contributed by atoms with Gasteiger partial charge >= 0.3 is 0 Å². The zero-order chi connectivity index (χ0) is 12.8. The lowest BCUT2D eigenvalue weighted by Gasteiger charge is -2.07. The fourth-order valence-electron chi connectivity index (χ4n) is 1.93. The molecule has 2 aromatic carbocycles. The summed E-state index contributed by atoms with van der Waals surface area (Å²) >= 11 is 0. The minimum Gasteiger partial charge on any atom is -0.496 e. The molecule has 0 aromatic heterocycles. The van der Waals surface area contributed by atoms with Crippen LogP contribution in [-0.4, -0.2) is 7.11 Å². The molecule has 0 fully saturated rings. The molecule has 2 rings (SSSR count). The van der Waals surface area contributed by atoms with E-state index >= 15 is 0 Å². The molecular formula is C15H17FNO+. The van der Waals surface area contributed by atoms with Crippen LogP contribution in [0.25, 0.3) is 0 Å². The van der Waals surface area contributed by atoms with Crippen LogP contribution in [0.3, 0.4) is 0 Å². The van der Waals surface area contributed by atoms with E-state index < -0.39 is 0 Å². The molecule has 18 heavy (non-hydrogen) atoms. The van der Waals surface area contributed by atoms with Gasteiger partial charge in [-0.3, -0.25) is 0 Å². The quantitative estimate of drug-likeness (QED) is 0.859. The minimum absolute atomic E-state index is 0.182. The third-order valence-electron chi connectivity index (χ3n) is 2.83. The molecule has 3 heteroatoms. The molecule has 0 saturated heterocycles. The van der Waals surface area contributed by atoms with Crippen molar-refractivity contribution in [1.82, 2.24) is 0 Å². The number of benzene rings is 2. The molecule has 0 aliphatic carbocycles. The molecule has 0 radical (unpaired) electrons. The van der Waals surface area contributed by atoms with Crippen molar-refractivity contribution in [3.8, 4) is 5.75 Å². The number of hydrogen-bond acceptors (Lipinski definition) is 1. The predicted octanol–water partition coefficient (Wildman–Crippen LogP) is 2.10. The number of rotatable bonds is 5. The van der Waals surface area contributed by atoms with Crippen LogP contribution in [0.15, 0.2) is 48.5 Å². The highest BCUT2D eigenvalue weighted by Crippen LogP contribution is 2.15. The summed E-state index contributed by atoms with van der Waals surface area (Å²) in [5.41, 5.74) is 2.14. The van der Waals surface area contributed by atoms with Crippen LogP contribution in [0, 0.1) is 5.82 Å². The molecule has 0 amide bonds. The molecule has 0 spiro atoms. The Morgan fingerprint density at radius 1 is 1.06 bits per heavy atom. The van der Waals surface area contributed by atoms with Crippen molar-refractivity contribution >= 4 is 0 Å². The average molecular weight is 246 g/mol. The predicted molar refractivity (Wildman–Crippen MR) is 68.7 cm³/mol. The zero-order valence-corrected chi connectivity index (χ0v) is 10.4. The molecule has 2 aromatic rings. The first-order valence-electron chi connectivity index (χ1n) is 5.97. The van der Waals surface area contributed by atoms with Gasteiger partial charge in [0.25, 0.3) is 0 Å². The van der Waals surface area contributed by atoms with Crippen LogP contribution in [0.2, 0.25) is 0 Å². The Kier molecular flexibility index (Phi) is 4.31. The van der Waals surface area contributed by atoms with Gasteiger partial charge in [-0.1, -0.05) is 24.3 Å². The van der Waals surface area contributed by atoms with Crippen LogP contribution >= 0.6 is 0 Å². The van der Waals surface area contributed by atoms with Crippen molar-refractivity contribution in [2.24, 2.45) is 0 Å². The van der Waals surface area contributed by atoms with E-state index in [-0.39, 0.29) is 5.82 Å². The standard InChI is InChI=1S/C15H16FNO/c1-18-15-8-3-2-6-13(15)11-17-10-12-5-4-7-14(16)9-12/h2-9,17H,10-11H2,1H3/p+1. The Bertz CT molecular complexity index is 513. The maximum Gasteiger partial charge on any atom is 0.127 e. The molecular weight excluding hydrogens is 229 g/mol. The molecule has 0 bridgehead atoms. The number of methoxy groups -OCH3 is 1.